The molecule has 0 unspecified atom stereocenters. The fraction of sp³-hybridized carbons (Fsp3) is 1.00. The van der Waals surface area contributed by atoms with Gasteiger partial charge in [0.05, 0.1) is 5.75 Å². The van der Waals surface area contributed by atoms with Gasteiger partial charge in [0, 0.05) is 0 Å². The van der Waals surface area contributed by atoms with Crippen molar-refractivity contribution in [3.8, 4) is 0 Å². The molecule has 2 rings (SSSR count). The summed E-state index contributed by atoms with van der Waals surface area (Å²) >= 11 is 0. The maximum absolute atomic E-state index is 10.9. The lowest BCUT2D eigenvalue weighted by Crippen LogP contribution is -2.41. The standard InChI is InChI=1S/C13H26N2O2S/c14-18(16,17)12-4-9-15-10-7-13(8-11-15)5-2-1-3-6-13/h1-12H2,(H2,14,16,17). The van der Waals surface area contributed by atoms with Crippen molar-refractivity contribution in [1.29, 1.82) is 0 Å². The van der Waals surface area contributed by atoms with Crippen LogP contribution in [0.1, 0.15) is 51.4 Å². The van der Waals surface area contributed by atoms with E-state index in [-0.39, 0.29) is 5.75 Å². The number of likely N-dealkylation sites (tertiary alicyclic amines) is 1. The summed E-state index contributed by atoms with van der Waals surface area (Å²) < 4.78 is 21.7. The zero-order valence-corrected chi connectivity index (χ0v) is 12.1. The van der Waals surface area contributed by atoms with Crippen LogP contribution in [0.3, 0.4) is 0 Å². The highest BCUT2D eigenvalue weighted by atomic mass is 32.2. The van der Waals surface area contributed by atoms with Crippen molar-refractivity contribution in [1.82, 2.24) is 4.90 Å². The van der Waals surface area contributed by atoms with Crippen molar-refractivity contribution in [2.75, 3.05) is 25.4 Å². The minimum atomic E-state index is -3.28. The molecule has 0 aromatic rings. The van der Waals surface area contributed by atoms with Gasteiger partial charge in [-0.05, 0) is 57.2 Å². The lowest BCUT2D eigenvalue weighted by molar-refractivity contribution is 0.0680. The summed E-state index contributed by atoms with van der Waals surface area (Å²) in [5.74, 6) is 0.120. The molecule has 0 aromatic carbocycles. The quantitative estimate of drug-likeness (QED) is 0.849. The Morgan fingerprint density at radius 1 is 1.00 bits per heavy atom. The van der Waals surface area contributed by atoms with Gasteiger partial charge in [-0.25, -0.2) is 13.6 Å². The van der Waals surface area contributed by atoms with E-state index in [0.717, 1.165) is 19.6 Å². The lowest BCUT2D eigenvalue weighted by Gasteiger charge is -2.44. The summed E-state index contributed by atoms with van der Waals surface area (Å²) in [6.45, 7) is 3.17. The first-order valence-electron chi connectivity index (χ1n) is 7.22. The topological polar surface area (TPSA) is 63.4 Å². The Balaban J connectivity index is 1.70. The predicted octanol–water partition coefficient (Wildman–Crippen LogP) is 1.71. The number of nitrogens with zero attached hydrogens (tertiary/aromatic N) is 1. The molecule has 1 heterocycles. The Hall–Kier alpha value is -0.130. The fourth-order valence-corrected chi connectivity index (χ4v) is 4.07. The van der Waals surface area contributed by atoms with E-state index in [2.05, 4.69) is 4.90 Å². The Labute approximate surface area is 111 Å². The molecule has 0 bridgehead atoms. The molecule has 1 spiro atoms. The van der Waals surface area contributed by atoms with E-state index in [0.29, 0.717) is 11.8 Å². The zero-order chi connectivity index (χ0) is 13.1. The number of hydrogen-bond acceptors (Lipinski definition) is 3. The van der Waals surface area contributed by atoms with E-state index in [4.69, 9.17) is 5.14 Å². The van der Waals surface area contributed by atoms with Crippen LogP contribution in [0.5, 0.6) is 0 Å². The monoisotopic (exact) mass is 274 g/mol. The average molecular weight is 274 g/mol. The van der Waals surface area contributed by atoms with Gasteiger partial charge < -0.3 is 4.90 Å². The van der Waals surface area contributed by atoms with E-state index in [1.165, 1.54) is 44.9 Å². The third kappa shape index (κ3) is 4.21. The Bertz CT molecular complexity index is 351. The summed E-state index contributed by atoms with van der Waals surface area (Å²) in [6, 6.07) is 0. The molecule has 106 valence electrons. The molecule has 18 heavy (non-hydrogen) atoms. The zero-order valence-electron chi connectivity index (χ0n) is 11.2. The van der Waals surface area contributed by atoms with Gasteiger partial charge in [-0.3, -0.25) is 0 Å². The maximum Gasteiger partial charge on any atom is 0.209 e. The summed E-state index contributed by atoms with van der Waals surface area (Å²) in [5.41, 5.74) is 0.634. The molecule has 2 aliphatic rings. The summed E-state index contributed by atoms with van der Waals surface area (Å²) in [6.07, 6.45) is 10.4. The largest absolute Gasteiger partial charge is 0.303 e. The van der Waals surface area contributed by atoms with Gasteiger partial charge in [0.15, 0.2) is 0 Å². The molecular weight excluding hydrogens is 248 g/mol. The first-order valence-corrected chi connectivity index (χ1v) is 8.94. The summed E-state index contributed by atoms with van der Waals surface area (Å²) in [4.78, 5) is 2.41. The van der Waals surface area contributed by atoms with Gasteiger partial charge in [-0.15, -0.1) is 0 Å². The number of piperidine rings is 1. The van der Waals surface area contributed by atoms with Crippen molar-refractivity contribution >= 4 is 10.0 Å². The van der Waals surface area contributed by atoms with Crippen LogP contribution in [0.25, 0.3) is 0 Å². The number of nitrogens with two attached hydrogens (primary N) is 1. The number of hydrogen-bond donors (Lipinski definition) is 1. The lowest BCUT2D eigenvalue weighted by atomic mass is 9.68. The van der Waals surface area contributed by atoms with Crippen molar-refractivity contribution in [3.05, 3.63) is 0 Å². The Morgan fingerprint density at radius 2 is 1.61 bits per heavy atom. The first-order chi connectivity index (χ1) is 8.49. The van der Waals surface area contributed by atoms with Crippen molar-refractivity contribution in [3.63, 3.8) is 0 Å². The molecule has 1 aliphatic heterocycles. The van der Waals surface area contributed by atoms with Crippen LogP contribution >= 0.6 is 0 Å². The van der Waals surface area contributed by atoms with Crippen LogP contribution in [-0.2, 0) is 10.0 Å². The predicted molar refractivity (Wildman–Crippen MR) is 73.8 cm³/mol. The van der Waals surface area contributed by atoms with Gasteiger partial charge in [0.1, 0.15) is 0 Å². The molecule has 0 atom stereocenters. The van der Waals surface area contributed by atoms with E-state index < -0.39 is 10.0 Å². The van der Waals surface area contributed by atoms with Gasteiger partial charge in [-0.1, -0.05) is 19.3 Å². The molecule has 5 heteroatoms. The second-order valence-electron chi connectivity index (χ2n) is 6.12. The third-order valence-electron chi connectivity index (χ3n) is 4.73. The Morgan fingerprint density at radius 3 is 2.17 bits per heavy atom. The summed E-state index contributed by atoms with van der Waals surface area (Å²) in [7, 11) is -3.28. The van der Waals surface area contributed by atoms with Crippen LogP contribution in [0.15, 0.2) is 0 Å². The second-order valence-corrected chi connectivity index (χ2v) is 7.86. The van der Waals surface area contributed by atoms with Crippen molar-refractivity contribution < 1.29 is 8.42 Å². The molecule has 2 N–H and O–H groups in total. The second kappa shape index (κ2) is 5.88. The van der Waals surface area contributed by atoms with E-state index in [1.54, 1.807) is 0 Å². The highest BCUT2D eigenvalue weighted by Gasteiger charge is 2.35. The van der Waals surface area contributed by atoms with Crippen LogP contribution in [-0.4, -0.2) is 38.7 Å². The molecule has 0 amide bonds. The van der Waals surface area contributed by atoms with Gasteiger partial charge in [0.25, 0.3) is 0 Å². The van der Waals surface area contributed by atoms with Crippen molar-refractivity contribution in [2.45, 2.75) is 51.4 Å². The van der Waals surface area contributed by atoms with Crippen LogP contribution < -0.4 is 5.14 Å². The number of primary sulfonamides is 1. The summed E-state index contributed by atoms with van der Waals surface area (Å²) in [5, 5.41) is 5.02. The van der Waals surface area contributed by atoms with E-state index in [1.807, 2.05) is 0 Å². The van der Waals surface area contributed by atoms with Gasteiger partial charge in [-0.2, -0.15) is 0 Å². The van der Waals surface area contributed by atoms with Crippen LogP contribution in [0.2, 0.25) is 0 Å². The first kappa shape index (κ1) is 14.3. The van der Waals surface area contributed by atoms with Crippen LogP contribution in [0, 0.1) is 5.41 Å². The molecule has 0 aromatic heterocycles. The molecule has 4 nitrogen and oxygen atoms in total. The fourth-order valence-electron chi connectivity index (χ4n) is 3.54. The molecule has 0 radical (unpaired) electrons. The molecule has 1 saturated carbocycles. The SMILES string of the molecule is NS(=O)(=O)CCCN1CCC2(CCCCC2)CC1. The smallest absolute Gasteiger partial charge is 0.209 e. The number of sulfonamides is 1. The average Bonchev–Trinajstić information content (AvgIpc) is 2.32. The molecule has 2 fully saturated rings. The van der Waals surface area contributed by atoms with Gasteiger partial charge in [0.2, 0.25) is 10.0 Å². The van der Waals surface area contributed by atoms with E-state index >= 15 is 0 Å². The number of rotatable bonds is 4. The Kier molecular flexibility index (Phi) is 4.67. The normalized spacial score (nSPS) is 25.4. The molecular formula is C13H26N2O2S. The van der Waals surface area contributed by atoms with Crippen LogP contribution in [0.4, 0.5) is 0 Å². The minimum absolute atomic E-state index is 0.120. The van der Waals surface area contributed by atoms with Crippen molar-refractivity contribution in [2.24, 2.45) is 10.6 Å². The minimum Gasteiger partial charge on any atom is -0.303 e. The van der Waals surface area contributed by atoms with E-state index in [9.17, 15) is 8.42 Å². The molecule has 1 aliphatic carbocycles. The molecule has 1 saturated heterocycles. The highest BCUT2D eigenvalue weighted by molar-refractivity contribution is 7.89. The maximum atomic E-state index is 10.9. The van der Waals surface area contributed by atoms with Gasteiger partial charge >= 0.3 is 0 Å². The third-order valence-corrected chi connectivity index (χ3v) is 5.59. The highest BCUT2D eigenvalue weighted by Crippen LogP contribution is 2.44.